The molecular weight excluding hydrogens is 254 g/mol. The molecule has 0 spiro atoms. The number of rotatable bonds is 7. The zero-order valence-corrected chi connectivity index (χ0v) is 11.9. The van der Waals surface area contributed by atoms with Gasteiger partial charge in [0, 0.05) is 19.0 Å². The van der Waals surface area contributed by atoms with E-state index in [2.05, 4.69) is 5.32 Å². The molecule has 0 aliphatic heterocycles. The molecule has 1 unspecified atom stereocenters. The first-order chi connectivity index (χ1) is 9.49. The molecule has 0 radical (unpaired) electrons. The lowest BCUT2D eigenvalue weighted by Gasteiger charge is -2.10. The van der Waals surface area contributed by atoms with Crippen LogP contribution in [0.2, 0.25) is 0 Å². The fourth-order valence-corrected chi connectivity index (χ4v) is 1.74. The minimum Gasteiger partial charge on any atom is -0.481 e. The summed E-state index contributed by atoms with van der Waals surface area (Å²) in [4.78, 5) is 22.1. The lowest BCUT2D eigenvalue weighted by atomic mass is 10.1. The van der Waals surface area contributed by atoms with Crippen molar-refractivity contribution < 1.29 is 14.7 Å². The van der Waals surface area contributed by atoms with Gasteiger partial charge in [0.05, 0.1) is 0 Å². The van der Waals surface area contributed by atoms with E-state index in [4.69, 9.17) is 5.11 Å². The van der Waals surface area contributed by atoms with Crippen molar-refractivity contribution in [1.29, 1.82) is 0 Å². The van der Waals surface area contributed by atoms with Crippen LogP contribution < -0.4 is 5.32 Å². The summed E-state index contributed by atoms with van der Waals surface area (Å²) in [5.41, 5.74) is 2.13. The lowest BCUT2D eigenvalue weighted by molar-refractivity contribution is -0.137. The number of nitrogens with one attached hydrogen (secondary N) is 1. The summed E-state index contributed by atoms with van der Waals surface area (Å²) < 4.78 is 0. The Morgan fingerprint density at radius 2 is 2.05 bits per heavy atom. The maximum absolute atomic E-state index is 11.7. The van der Waals surface area contributed by atoms with Crippen LogP contribution in [0.4, 0.5) is 0 Å². The Bertz CT molecular complexity index is 494. The molecule has 1 aromatic carbocycles. The monoisotopic (exact) mass is 275 g/mol. The quantitative estimate of drug-likeness (QED) is 0.752. The van der Waals surface area contributed by atoms with Gasteiger partial charge in [0.2, 0.25) is 5.91 Å². The average molecular weight is 275 g/mol. The van der Waals surface area contributed by atoms with Gasteiger partial charge in [-0.05, 0) is 36.5 Å². The van der Waals surface area contributed by atoms with Gasteiger partial charge in [0.15, 0.2) is 0 Å². The van der Waals surface area contributed by atoms with Crippen molar-refractivity contribution in [2.45, 2.75) is 26.7 Å². The first-order valence-corrected chi connectivity index (χ1v) is 6.72. The Morgan fingerprint density at radius 1 is 1.35 bits per heavy atom. The van der Waals surface area contributed by atoms with Gasteiger partial charge in [-0.15, -0.1) is 0 Å². The highest BCUT2D eigenvalue weighted by Crippen LogP contribution is 2.08. The highest BCUT2D eigenvalue weighted by molar-refractivity contribution is 5.91. The Kier molecular flexibility index (Phi) is 6.50. The minimum atomic E-state index is -0.803. The summed E-state index contributed by atoms with van der Waals surface area (Å²) in [7, 11) is 0. The van der Waals surface area contributed by atoms with Crippen LogP contribution in [0, 0.1) is 12.8 Å². The van der Waals surface area contributed by atoms with Crippen LogP contribution in [0.15, 0.2) is 30.3 Å². The Hall–Kier alpha value is -2.10. The first kappa shape index (κ1) is 16.0. The molecule has 2 N–H and O–H groups in total. The highest BCUT2D eigenvalue weighted by atomic mass is 16.4. The predicted molar refractivity (Wildman–Crippen MR) is 79.3 cm³/mol. The van der Waals surface area contributed by atoms with Gasteiger partial charge in [-0.1, -0.05) is 31.2 Å². The molecule has 1 amide bonds. The molecule has 0 fully saturated rings. The van der Waals surface area contributed by atoms with Crippen molar-refractivity contribution in [3.8, 4) is 0 Å². The van der Waals surface area contributed by atoms with Gasteiger partial charge in [-0.25, -0.2) is 0 Å². The maximum Gasteiger partial charge on any atom is 0.303 e. The van der Waals surface area contributed by atoms with Gasteiger partial charge >= 0.3 is 5.97 Å². The molecule has 0 saturated carbocycles. The topological polar surface area (TPSA) is 66.4 Å². The minimum absolute atomic E-state index is 0.135. The van der Waals surface area contributed by atoms with Crippen molar-refractivity contribution in [3.05, 3.63) is 41.5 Å². The number of hydrogen-bond acceptors (Lipinski definition) is 2. The molecule has 0 aromatic heterocycles. The van der Waals surface area contributed by atoms with Crippen LogP contribution in [0.1, 0.15) is 30.9 Å². The number of carboxylic acids is 1. The Balaban J connectivity index is 2.37. The van der Waals surface area contributed by atoms with Crippen LogP contribution in [0.5, 0.6) is 0 Å². The summed E-state index contributed by atoms with van der Waals surface area (Å²) >= 11 is 0. The van der Waals surface area contributed by atoms with Gasteiger partial charge < -0.3 is 10.4 Å². The maximum atomic E-state index is 11.7. The third-order valence-electron chi connectivity index (χ3n) is 3.08. The molecule has 0 saturated heterocycles. The van der Waals surface area contributed by atoms with E-state index in [1.807, 2.05) is 38.1 Å². The molecule has 4 heteroatoms. The third-order valence-corrected chi connectivity index (χ3v) is 3.08. The number of benzene rings is 1. The van der Waals surface area contributed by atoms with Crippen molar-refractivity contribution in [2.75, 3.05) is 6.54 Å². The second kappa shape index (κ2) is 8.15. The van der Waals surface area contributed by atoms with Crippen LogP contribution in [-0.2, 0) is 9.59 Å². The van der Waals surface area contributed by atoms with Crippen molar-refractivity contribution >= 4 is 18.0 Å². The number of amides is 1. The number of hydrogen-bond donors (Lipinski definition) is 2. The summed E-state index contributed by atoms with van der Waals surface area (Å²) in [5, 5.41) is 11.4. The molecule has 0 aliphatic rings. The fraction of sp³-hybridized carbons (Fsp3) is 0.375. The normalized spacial score (nSPS) is 12.3. The zero-order valence-electron chi connectivity index (χ0n) is 11.9. The Labute approximate surface area is 119 Å². The third kappa shape index (κ3) is 6.18. The summed E-state index contributed by atoms with van der Waals surface area (Å²) in [6, 6.07) is 7.83. The molecule has 0 heterocycles. The largest absolute Gasteiger partial charge is 0.481 e. The van der Waals surface area contributed by atoms with E-state index in [9.17, 15) is 9.59 Å². The summed E-state index contributed by atoms with van der Waals surface area (Å²) in [6.45, 7) is 4.41. The standard InChI is InChI=1S/C16H21NO3/c1-12(7-10-16(19)20)11-17-15(18)9-8-14-6-4-3-5-13(14)2/h3-6,8-9,12H,7,10-11H2,1-2H3,(H,17,18)(H,19,20)/b9-8+. The van der Waals surface area contributed by atoms with E-state index in [0.717, 1.165) is 11.1 Å². The molecule has 108 valence electrons. The lowest BCUT2D eigenvalue weighted by Crippen LogP contribution is -2.26. The zero-order chi connectivity index (χ0) is 15.0. The molecule has 0 aliphatic carbocycles. The van der Waals surface area contributed by atoms with Crippen molar-refractivity contribution in [3.63, 3.8) is 0 Å². The number of aryl methyl sites for hydroxylation is 1. The molecular formula is C16H21NO3. The van der Waals surface area contributed by atoms with E-state index >= 15 is 0 Å². The molecule has 1 atom stereocenters. The summed E-state index contributed by atoms with van der Waals surface area (Å²) in [5.74, 6) is -0.806. The molecule has 20 heavy (non-hydrogen) atoms. The molecule has 4 nitrogen and oxygen atoms in total. The number of carbonyl (C=O) groups excluding carboxylic acids is 1. The van der Waals surface area contributed by atoms with Gasteiger partial charge in [0.25, 0.3) is 0 Å². The molecule has 1 rings (SSSR count). The molecule has 1 aromatic rings. The van der Waals surface area contributed by atoms with Gasteiger partial charge in [0.1, 0.15) is 0 Å². The second-order valence-corrected chi connectivity index (χ2v) is 4.97. The first-order valence-electron chi connectivity index (χ1n) is 6.72. The van der Waals surface area contributed by atoms with Crippen LogP contribution in [0.25, 0.3) is 6.08 Å². The number of carboxylic acid groups (broad SMARTS) is 1. The molecule has 0 bridgehead atoms. The van der Waals surface area contributed by atoms with Crippen molar-refractivity contribution in [2.24, 2.45) is 5.92 Å². The van der Waals surface area contributed by atoms with E-state index in [-0.39, 0.29) is 18.2 Å². The average Bonchev–Trinajstić information content (AvgIpc) is 2.42. The second-order valence-electron chi connectivity index (χ2n) is 4.97. The van der Waals surface area contributed by atoms with E-state index in [0.29, 0.717) is 13.0 Å². The predicted octanol–water partition coefficient (Wildman–Crippen LogP) is 2.63. The highest BCUT2D eigenvalue weighted by Gasteiger charge is 2.06. The van der Waals surface area contributed by atoms with Crippen molar-refractivity contribution in [1.82, 2.24) is 5.32 Å². The SMILES string of the molecule is Cc1ccccc1/C=C/C(=O)NCC(C)CCC(=O)O. The van der Waals surface area contributed by atoms with Gasteiger partial charge in [-0.3, -0.25) is 9.59 Å². The van der Waals surface area contributed by atoms with E-state index < -0.39 is 5.97 Å². The fourth-order valence-electron chi connectivity index (χ4n) is 1.74. The summed E-state index contributed by atoms with van der Waals surface area (Å²) in [6.07, 6.45) is 3.99. The van der Waals surface area contributed by atoms with Gasteiger partial charge in [-0.2, -0.15) is 0 Å². The van der Waals surface area contributed by atoms with E-state index in [1.54, 1.807) is 6.08 Å². The van der Waals surface area contributed by atoms with Crippen LogP contribution in [0.3, 0.4) is 0 Å². The van der Waals surface area contributed by atoms with Crippen LogP contribution in [-0.4, -0.2) is 23.5 Å². The Morgan fingerprint density at radius 3 is 2.70 bits per heavy atom. The van der Waals surface area contributed by atoms with E-state index in [1.165, 1.54) is 6.08 Å². The number of aliphatic carboxylic acids is 1. The smallest absolute Gasteiger partial charge is 0.303 e. The number of carbonyl (C=O) groups is 2. The van der Waals surface area contributed by atoms with Crippen LogP contribution >= 0.6 is 0 Å².